The number of ether oxygens (including phenoxy) is 1. The Hall–Kier alpha value is -0.820. The second-order valence-corrected chi connectivity index (χ2v) is 7.94. The number of amides is 1. The molecule has 0 saturated carbocycles. The molecule has 0 aliphatic carbocycles. The Labute approximate surface area is 108 Å². The van der Waals surface area contributed by atoms with Gasteiger partial charge in [0.05, 0.1) is 11.5 Å². The van der Waals surface area contributed by atoms with Crippen LogP contribution >= 0.6 is 0 Å². The molecule has 7 heteroatoms. The highest BCUT2D eigenvalue weighted by molar-refractivity contribution is 7.91. The van der Waals surface area contributed by atoms with Crippen molar-refractivity contribution in [3.05, 3.63) is 0 Å². The Balaban J connectivity index is 2.45. The van der Waals surface area contributed by atoms with Crippen molar-refractivity contribution in [2.75, 3.05) is 18.1 Å². The Morgan fingerprint density at radius 2 is 2.06 bits per heavy atom. The molecular weight excluding hydrogens is 256 g/mol. The summed E-state index contributed by atoms with van der Waals surface area (Å²) >= 11 is 0. The van der Waals surface area contributed by atoms with Gasteiger partial charge >= 0.3 is 6.09 Å². The van der Waals surface area contributed by atoms with Gasteiger partial charge in [0.1, 0.15) is 5.60 Å². The van der Waals surface area contributed by atoms with Crippen LogP contribution in [-0.4, -0.2) is 44.2 Å². The Morgan fingerprint density at radius 3 is 2.61 bits per heavy atom. The summed E-state index contributed by atoms with van der Waals surface area (Å²) in [5.41, 5.74) is 5.29. The molecule has 1 fully saturated rings. The number of carbonyl (C=O) groups excluding carboxylic acids is 1. The van der Waals surface area contributed by atoms with E-state index >= 15 is 0 Å². The normalized spacial score (nSPS) is 27.6. The highest BCUT2D eigenvalue weighted by Crippen LogP contribution is 2.17. The molecule has 0 aromatic rings. The van der Waals surface area contributed by atoms with E-state index in [0.717, 1.165) is 0 Å². The van der Waals surface area contributed by atoms with E-state index in [4.69, 9.17) is 10.5 Å². The summed E-state index contributed by atoms with van der Waals surface area (Å²) in [7, 11) is -3.02. The largest absolute Gasteiger partial charge is 0.444 e. The van der Waals surface area contributed by atoms with Crippen LogP contribution in [0.3, 0.4) is 0 Å². The summed E-state index contributed by atoms with van der Waals surface area (Å²) in [5, 5.41) is 2.57. The average molecular weight is 278 g/mol. The predicted octanol–water partition coefficient (Wildman–Crippen LogP) is 0.273. The maximum Gasteiger partial charge on any atom is 0.407 e. The fourth-order valence-electron chi connectivity index (χ4n) is 1.82. The molecule has 6 nitrogen and oxygen atoms in total. The van der Waals surface area contributed by atoms with E-state index in [2.05, 4.69) is 5.32 Å². The average Bonchev–Trinajstić information content (AvgIpc) is 2.17. The first-order valence-corrected chi connectivity index (χ1v) is 7.84. The Morgan fingerprint density at radius 1 is 1.44 bits per heavy atom. The van der Waals surface area contributed by atoms with Crippen molar-refractivity contribution in [3.63, 3.8) is 0 Å². The van der Waals surface area contributed by atoms with Crippen molar-refractivity contribution >= 4 is 15.9 Å². The van der Waals surface area contributed by atoms with Crippen molar-refractivity contribution in [2.45, 2.75) is 38.8 Å². The van der Waals surface area contributed by atoms with Crippen molar-refractivity contribution in [3.8, 4) is 0 Å². The number of rotatable bonds is 2. The molecule has 0 aromatic heterocycles. The number of alkyl carbamates (subject to hydrolysis) is 1. The van der Waals surface area contributed by atoms with E-state index < -0.39 is 21.5 Å². The molecule has 1 aliphatic rings. The van der Waals surface area contributed by atoms with Gasteiger partial charge in [0.25, 0.3) is 0 Å². The minimum Gasteiger partial charge on any atom is -0.444 e. The summed E-state index contributed by atoms with van der Waals surface area (Å²) in [6.07, 6.45) is -0.0964. The molecule has 0 radical (unpaired) electrons. The van der Waals surface area contributed by atoms with E-state index in [0.29, 0.717) is 6.42 Å². The van der Waals surface area contributed by atoms with Crippen molar-refractivity contribution in [1.29, 1.82) is 0 Å². The first kappa shape index (κ1) is 15.2. The second kappa shape index (κ2) is 5.44. The van der Waals surface area contributed by atoms with E-state index in [1.165, 1.54) is 0 Å². The van der Waals surface area contributed by atoms with Crippen LogP contribution < -0.4 is 11.1 Å². The highest BCUT2D eigenvalue weighted by Gasteiger charge is 2.31. The molecule has 0 unspecified atom stereocenters. The molecule has 0 spiro atoms. The lowest BCUT2D eigenvalue weighted by Gasteiger charge is -2.29. The lowest BCUT2D eigenvalue weighted by atomic mass is 10.00. The van der Waals surface area contributed by atoms with Gasteiger partial charge in [-0.3, -0.25) is 0 Å². The standard InChI is InChI=1S/C11H22N2O4S/c1-11(2,3)17-10(14)13-6-8-7-18(15,16)5-4-9(8)12/h8-9H,4-7,12H2,1-3H3,(H,13,14)/t8-,9-/m1/s1. The Kier molecular flexibility index (Phi) is 4.61. The number of nitrogens with one attached hydrogen (secondary N) is 1. The maximum absolute atomic E-state index is 11.5. The number of sulfone groups is 1. The fourth-order valence-corrected chi connectivity index (χ4v) is 3.64. The molecule has 3 N–H and O–H groups in total. The van der Waals surface area contributed by atoms with E-state index in [9.17, 15) is 13.2 Å². The van der Waals surface area contributed by atoms with E-state index in [1.807, 2.05) is 0 Å². The van der Waals surface area contributed by atoms with Gasteiger partial charge in [-0.2, -0.15) is 0 Å². The van der Waals surface area contributed by atoms with Crippen molar-refractivity contribution in [2.24, 2.45) is 11.7 Å². The van der Waals surface area contributed by atoms with Gasteiger partial charge in [-0.05, 0) is 27.2 Å². The van der Waals surface area contributed by atoms with Gasteiger partial charge < -0.3 is 15.8 Å². The summed E-state index contributed by atoms with van der Waals surface area (Å²) in [4.78, 5) is 11.4. The second-order valence-electron chi connectivity index (χ2n) is 5.71. The number of hydrogen-bond acceptors (Lipinski definition) is 5. The van der Waals surface area contributed by atoms with Crippen LogP contribution in [-0.2, 0) is 14.6 Å². The van der Waals surface area contributed by atoms with Crippen LogP contribution in [0.15, 0.2) is 0 Å². The summed E-state index contributed by atoms with van der Waals surface area (Å²) < 4.78 is 28.0. The monoisotopic (exact) mass is 278 g/mol. The third-order valence-electron chi connectivity index (χ3n) is 2.74. The van der Waals surface area contributed by atoms with Crippen LogP contribution in [0, 0.1) is 5.92 Å². The summed E-state index contributed by atoms with van der Waals surface area (Å²) in [6, 6.07) is -0.191. The summed E-state index contributed by atoms with van der Waals surface area (Å²) in [6.45, 7) is 5.53. The number of nitrogens with two attached hydrogens (primary N) is 1. The molecular formula is C11H22N2O4S. The van der Waals surface area contributed by atoms with Crippen LogP contribution in [0.1, 0.15) is 27.2 Å². The SMILES string of the molecule is CC(C)(C)OC(=O)NC[C@@H]1CS(=O)(=O)CC[C@H]1N. The van der Waals surface area contributed by atoms with Gasteiger partial charge in [0.2, 0.25) is 0 Å². The van der Waals surface area contributed by atoms with E-state index in [1.54, 1.807) is 20.8 Å². The zero-order chi connectivity index (χ0) is 14.0. The van der Waals surface area contributed by atoms with E-state index in [-0.39, 0.29) is 30.0 Å². The molecule has 106 valence electrons. The molecule has 1 rings (SSSR count). The Bertz CT molecular complexity index is 400. The molecule has 1 heterocycles. The highest BCUT2D eigenvalue weighted by atomic mass is 32.2. The third-order valence-corrected chi connectivity index (χ3v) is 4.54. The molecule has 1 saturated heterocycles. The number of hydrogen-bond donors (Lipinski definition) is 2. The third kappa shape index (κ3) is 5.22. The minimum absolute atomic E-state index is 0.0317. The van der Waals surface area contributed by atoms with Crippen molar-refractivity contribution in [1.82, 2.24) is 5.32 Å². The van der Waals surface area contributed by atoms with Crippen LogP contribution in [0.5, 0.6) is 0 Å². The molecule has 0 aromatic carbocycles. The maximum atomic E-state index is 11.5. The van der Waals surface area contributed by atoms with Crippen LogP contribution in [0.25, 0.3) is 0 Å². The van der Waals surface area contributed by atoms with Gasteiger partial charge in [0.15, 0.2) is 9.84 Å². The van der Waals surface area contributed by atoms with Gasteiger partial charge in [-0.25, -0.2) is 13.2 Å². The van der Waals surface area contributed by atoms with Crippen LogP contribution in [0.2, 0.25) is 0 Å². The minimum atomic E-state index is -3.02. The quantitative estimate of drug-likeness (QED) is 0.755. The summed E-state index contributed by atoms with van der Waals surface area (Å²) in [5.74, 6) is -0.0718. The smallest absolute Gasteiger partial charge is 0.407 e. The van der Waals surface area contributed by atoms with Crippen molar-refractivity contribution < 1.29 is 17.9 Å². The first-order valence-electron chi connectivity index (χ1n) is 6.02. The zero-order valence-corrected chi connectivity index (χ0v) is 11.9. The zero-order valence-electron chi connectivity index (χ0n) is 11.1. The number of carbonyl (C=O) groups is 1. The lowest BCUT2D eigenvalue weighted by Crippen LogP contribution is -2.47. The molecule has 2 atom stereocenters. The molecule has 18 heavy (non-hydrogen) atoms. The molecule has 1 aliphatic heterocycles. The van der Waals surface area contributed by atoms with Gasteiger partial charge in [-0.15, -0.1) is 0 Å². The van der Waals surface area contributed by atoms with Crippen LogP contribution in [0.4, 0.5) is 4.79 Å². The topological polar surface area (TPSA) is 98.5 Å². The fraction of sp³-hybridized carbons (Fsp3) is 0.909. The van der Waals surface area contributed by atoms with Gasteiger partial charge in [0, 0.05) is 18.5 Å². The molecule has 0 bridgehead atoms. The predicted molar refractivity (Wildman–Crippen MR) is 69.0 cm³/mol. The lowest BCUT2D eigenvalue weighted by molar-refractivity contribution is 0.0518. The van der Waals surface area contributed by atoms with Gasteiger partial charge in [-0.1, -0.05) is 0 Å². The first-order chi connectivity index (χ1) is 8.09. The molecule has 1 amide bonds.